The molecule has 152 valence electrons. The van der Waals surface area contributed by atoms with E-state index in [9.17, 15) is 4.79 Å². The fourth-order valence-corrected chi connectivity index (χ4v) is 3.67. The molecule has 0 radical (unpaired) electrons. The Morgan fingerprint density at radius 3 is 2.59 bits per heavy atom. The van der Waals surface area contributed by atoms with Gasteiger partial charge in [-0.25, -0.2) is 9.78 Å². The Morgan fingerprint density at radius 2 is 1.83 bits per heavy atom. The minimum absolute atomic E-state index is 0.372. The van der Waals surface area contributed by atoms with E-state index in [1.54, 1.807) is 12.1 Å². The van der Waals surface area contributed by atoms with Crippen LogP contribution < -0.4 is 15.2 Å². The predicted molar refractivity (Wildman–Crippen MR) is 112 cm³/mol. The summed E-state index contributed by atoms with van der Waals surface area (Å²) in [5, 5.41) is 0. The molecule has 4 rings (SSSR count). The number of nitrogens with two attached hydrogens (primary N) is 1. The number of nitrogens with zero attached hydrogens (tertiary/aromatic N) is 2. The second-order valence-electron chi connectivity index (χ2n) is 7.31. The molecule has 0 saturated carbocycles. The van der Waals surface area contributed by atoms with Crippen molar-refractivity contribution in [3.8, 4) is 22.9 Å². The Bertz CT molecular complexity index is 962. The number of aromatic amines is 1. The minimum atomic E-state index is -0.841. The Labute approximate surface area is 169 Å². The van der Waals surface area contributed by atoms with Gasteiger partial charge < -0.3 is 25.1 Å². The van der Waals surface area contributed by atoms with Crippen molar-refractivity contribution >= 4 is 17.1 Å². The lowest BCUT2D eigenvalue weighted by atomic mass is 10.1. The van der Waals surface area contributed by atoms with Gasteiger partial charge in [-0.1, -0.05) is 6.42 Å². The zero-order valence-corrected chi connectivity index (χ0v) is 16.4. The molecule has 0 bridgehead atoms. The summed E-state index contributed by atoms with van der Waals surface area (Å²) in [5.41, 5.74) is 7.58. The van der Waals surface area contributed by atoms with Crippen LogP contribution in [-0.4, -0.2) is 47.2 Å². The molecule has 2 heterocycles. The Balaban J connectivity index is 1.34. The average molecular weight is 394 g/mol. The number of likely N-dealkylation sites (tertiary alicyclic amines) is 1. The lowest BCUT2D eigenvalue weighted by molar-refractivity contribution is 0.205. The maximum Gasteiger partial charge on any atom is 0.409 e. The van der Waals surface area contributed by atoms with Crippen LogP contribution in [0.15, 0.2) is 42.5 Å². The first-order valence-electron chi connectivity index (χ1n) is 10.1. The number of carbonyl (C=O) groups is 1. The maximum atomic E-state index is 10.9. The lowest BCUT2D eigenvalue weighted by Gasteiger charge is -2.26. The fourth-order valence-electron chi connectivity index (χ4n) is 3.67. The molecule has 7 heteroatoms. The molecule has 1 aliphatic rings. The van der Waals surface area contributed by atoms with Crippen LogP contribution in [-0.2, 0) is 0 Å². The summed E-state index contributed by atoms with van der Waals surface area (Å²) >= 11 is 0. The number of piperidine rings is 1. The summed E-state index contributed by atoms with van der Waals surface area (Å²) < 4.78 is 10.8. The third kappa shape index (κ3) is 5.06. The Morgan fingerprint density at radius 1 is 1.07 bits per heavy atom. The van der Waals surface area contributed by atoms with Gasteiger partial charge in [-0.15, -0.1) is 0 Å². The maximum absolute atomic E-state index is 10.9. The van der Waals surface area contributed by atoms with Crippen molar-refractivity contribution in [2.24, 2.45) is 5.73 Å². The van der Waals surface area contributed by atoms with Crippen LogP contribution in [0.1, 0.15) is 25.7 Å². The number of primary amides is 1. The normalized spacial score (nSPS) is 14.8. The van der Waals surface area contributed by atoms with E-state index < -0.39 is 6.09 Å². The van der Waals surface area contributed by atoms with Gasteiger partial charge in [-0.3, -0.25) is 0 Å². The number of fused-ring (bicyclic) bond motifs is 1. The largest absolute Gasteiger partial charge is 0.494 e. The van der Waals surface area contributed by atoms with Gasteiger partial charge in [-0.2, -0.15) is 0 Å². The molecule has 0 aliphatic carbocycles. The van der Waals surface area contributed by atoms with Gasteiger partial charge in [0.05, 0.1) is 17.6 Å². The number of hydrogen-bond donors (Lipinski definition) is 2. The van der Waals surface area contributed by atoms with Gasteiger partial charge in [0.25, 0.3) is 0 Å². The molecular weight excluding hydrogens is 368 g/mol. The topological polar surface area (TPSA) is 93.5 Å². The van der Waals surface area contributed by atoms with Crippen LogP contribution in [0.4, 0.5) is 4.79 Å². The first-order valence-corrected chi connectivity index (χ1v) is 10.1. The van der Waals surface area contributed by atoms with Crippen LogP contribution in [0.3, 0.4) is 0 Å². The second kappa shape index (κ2) is 8.96. The molecule has 0 atom stereocenters. The van der Waals surface area contributed by atoms with Gasteiger partial charge in [0, 0.05) is 18.2 Å². The van der Waals surface area contributed by atoms with Crippen molar-refractivity contribution in [2.75, 3.05) is 26.2 Å². The molecule has 3 N–H and O–H groups in total. The van der Waals surface area contributed by atoms with E-state index in [0.29, 0.717) is 11.3 Å². The quantitative estimate of drug-likeness (QED) is 0.592. The number of nitrogens with one attached hydrogen (secondary N) is 1. The standard InChI is InChI=1S/C22H26N4O3/c23-22(27)29-18-9-10-19-20(15-18)25-21(24-19)16-5-7-17(8-6-16)28-14-4-13-26-11-2-1-3-12-26/h5-10,15H,1-4,11-14H2,(H2,23,27)(H,24,25). The zero-order valence-electron chi connectivity index (χ0n) is 16.4. The highest BCUT2D eigenvalue weighted by Gasteiger charge is 2.10. The smallest absolute Gasteiger partial charge is 0.409 e. The summed E-state index contributed by atoms with van der Waals surface area (Å²) in [6, 6.07) is 13.1. The van der Waals surface area contributed by atoms with Gasteiger partial charge in [0.15, 0.2) is 0 Å². The summed E-state index contributed by atoms with van der Waals surface area (Å²) in [5.74, 6) is 1.98. The Kier molecular flexibility index (Phi) is 5.95. The van der Waals surface area contributed by atoms with Gasteiger partial charge in [-0.05, 0) is 68.8 Å². The molecule has 2 aromatic carbocycles. The molecule has 3 aromatic rings. The molecule has 1 fully saturated rings. The number of rotatable bonds is 7. The van der Waals surface area contributed by atoms with Crippen LogP contribution in [0, 0.1) is 0 Å². The summed E-state index contributed by atoms with van der Waals surface area (Å²) in [6.07, 6.45) is 4.22. The Hall–Kier alpha value is -3.06. The van der Waals surface area contributed by atoms with Crippen molar-refractivity contribution in [3.63, 3.8) is 0 Å². The van der Waals surface area contributed by atoms with Crippen LogP contribution in [0.5, 0.6) is 11.5 Å². The van der Waals surface area contributed by atoms with Crippen LogP contribution >= 0.6 is 0 Å². The van der Waals surface area contributed by atoms with Gasteiger partial charge >= 0.3 is 6.09 Å². The van der Waals surface area contributed by atoms with E-state index in [4.69, 9.17) is 15.2 Å². The van der Waals surface area contributed by atoms with E-state index in [1.807, 2.05) is 30.3 Å². The number of H-pyrrole nitrogens is 1. The van der Waals surface area contributed by atoms with Gasteiger partial charge in [0.2, 0.25) is 0 Å². The highest BCUT2D eigenvalue weighted by atomic mass is 16.5. The first-order chi connectivity index (χ1) is 14.2. The second-order valence-corrected chi connectivity index (χ2v) is 7.31. The highest BCUT2D eigenvalue weighted by molar-refractivity contribution is 5.81. The van der Waals surface area contributed by atoms with Crippen LogP contribution in [0.2, 0.25) is 0 Å². The van der Waals surface area contributed by atoms with E-state index in [1.165, 1.54) is 32.4 Å². The third-order valence-corrected chi connectivity index (χ3v) is 5.14. The average Bonchev–Trinajstić information content (AvgIpc) is 3.15. The first kappa shape index (κ1) is 19.3. The highest BCUT2D eigenvalue weighted by Crippen LogP contribution is 2.25. The fraction of sp³-hybridized carbons (Fsp3) is 0.364. The number of carbonyl (C=O) groups excluding carboxylic acids is 1. The molecular formula is C22H26N4O3. The SMILES string of the molecule is NC(=O)Oc1ccc2[nH]c(-c3ccc(OCCCN4CCCCC4)cc3)nc2c1. The summed E-state index contributed by atoms with van der Waals surface area (Å²) in [7, 11) is 0. The van der Waals surface area contributed by atoms with E-state index in [0.717, 1.165) is 42.2 Å². The zero-order chi connectivity index (χ0) is 20.1. The van der Waals surface area contributed by atoms with Crippen molar-refractivity contribution in [2.45, 2.75) is 25.7 Å². The molecule has 7 nitrogen and oxygen atoms in total. The monoisotopic (exact) mass is 394 g/mol. The van der Waals surface area contributed by atoms with Crippen molar-refractivity contribution in [3.05, 3.63) is 42.5 Å². The van der Waals surface area contributed by atoms with E-state index >= 15 is 0 Å². The van der Waals surface area contributed by atoms with E-state index in [-0.39, 0.29) is 0 Å². The molecule has 1 amide bonds. The van der Waals surface area contributed by atoms with E-state index in [2.05, 4.69) is 14.9 Å². The van der Waals surface area contributed by atoms with Crippen molar-refractivity contribution < 1.29 is 14.3 Å². The summed E-state index contributed by atoms with van der Waals surface area (Å²) in [6.45, 7) is 4.28. The number of amides is 1. The molecule has 29 heavy (non-hydrogen) atoms. The minimum Gasteiger partial charge on any atom is -0.494 e. The van der Waals surface area contributed by atoms with Crippen molar-refractivity contribution in [1.29, 1.82) is 0 Å². The number of benzene rings is 2. The molecule has 0 unspecified atom stereocenters. The number of ether oxygens (including phenoxy) is 2. The molecule has 0 spiro atoms. The lowest BCUT2D eigenvalue weighted by Crippen LogP contribution is -2.31. The molecule has 1 aromatic heterocycles. The molecule has 1 aliphatic heterocycles. The number of imidazole rings is 1. The van der Waals surface area contributed by atoms with Crippen LogP contribution in [0.25, 0.3) is 22.4 Å². The number of aromatic nitrogens is 2. The third-order valence-electron chi connectivity index (χ3n) is 5.14. The summed E-state index contributed by atoms with van der Waals surface area (Å²) in [4.78, 5) is 21.3. The predicted octanol–water partition coefficient (Wildman–Crippen LogP) is 3.94. The number of hydrogen-bond acceptors (Lipinski definition) is 5. The van der Waals surface area contributed by atoms with Crippen molar-refractivity contribution in [1.82, 2.24) is 14.9 Å². The van der Waals surface area contributed by atoms with Gasteiger partial charge in [0.1, 0.15) is 17.3 Å². The molecule has 1 saturated heterocycles.